The largest absolute Gasteiger partial charge is 0.700 e. The normalized spacial score (nSPS) is 28.4. The number of hydrogen-bond donors (Lipinski definition) is 3. The molecule has 23 heavy (non-hydrogen) atoms. The van der Waals surface area contributed by atoms with Gasteiger partial charge in [-0.25, -0.2) is 15.0 Å². The molecule has 124 valence electrons. The SMILES string of the molecule is Nc1ncnc2c1ncn2[C@@H]1O[C@H](CO[P+](=O)OP)[C@@H](O)[C@H]1O. The number of rotatable bonds is 5. The maximum atomic E-state index is 11.1. The predicted molar refractivity (Wildman–Crippen MR) is 80.0 cm³/mol. The van der Waals surface area contributed by atoms with E-state index in [1.807, 2.05) is 0 Å². The number of nitrogens with zero attached hydrogens (tertiary/aromatic N) is 4. The van der Waals surface area contributed by atoms with Crippen molar-refractivity contribution in [1.29, 1.82) is 0 Å². The van der Waals surface area contributed by atoms with Crippen molar-refractivity contribution in [2.24, 2.45) is 0 Å². The molecular formula is C10H14N5O6P2+. The molecule has 0 spiro atoms. The van der Waals surface area contributed by atoms with E-state index in [1.54, 1.807) is 9.47 Å². The minimum atomic E-state index is -2.34. The highest BCUT2D eigenvalue weighted by molar-refractivity contribution is 7.40. The number of imidazole rings is 1. The van der Waals surface area contributed by atoms with E-state index in [4.69, 9.17) is 15.0 Å². The molecule has 0 amide bonds. The van der Waals surface area contributed by atoms with Crippen LogP contribution in [0.3, 0.4) is 0 Å². The highest BCUT2D eigenvalue weighted by atomic mass is 31.2. The van der Waals surface area contributed by atoms with E-state index in [0.29, 0.717) is 11.2 Å². The molecule has 0 radical (unpaired) electrons. The van der Waals surface area contributed by atoms with Crippen LogP contribution >= 0.6 is 17.7 Å². The fourth-order valence-corrected chi connectivity index (χ4v) is 2.83. The molecule has 0 aromatic carbocycles. The van der Waals surface area contributed by atoms with Gasteiger partial charge in [-0.2, -0.15) is 0 Å². The van der Waals surface area contributed by atoms with Gasteiger partial charge in [0.1, 0.15) is 36.8 Å². The molecule has 3 rings (SSSR count). The van der Waals surface area contributed by atoms with E-state index in [0.717, 1.165) is 0 Å². The van der Waals surface area contributed by atoms with E-state index in [9.17, 15) is 14.8 Å². The average molecular weight is 362 g/mol. The molecule has 2 unspecified atom stereocenters. The maximum Gasteiger partial charge on any atom is 0.700 e. The Morgan fingerprint density at radius 3 is 2.91 bits per heavy atom. The fraction of sp³-hybridized carbons (Fsp3) is 0.500. The first-order chi connectivity index (χ1) is 11.0. The summed E-state index contributed by atoms with van der Waals surface area (Å²) in [6.07, 6.45) is -1.71. The highest BCUT2D eigenvalue weighted by Gasteiger charge is 2.45. The molecule has 4 N–H and O–H groups in total. The second kappa shape index (κ2) is 6.66. The van der Waals surface area contributed by atoms with Crippen LogP contribution in [0.5, 0.6) is 0 Å². The number of nitrogen functional groups attached to an aromatic ring is 1. The first kappa shape index (κ1) is 16.5. The van der Waals surface area contributed by atoms with Crippen LogP contribution in [-0.4, -0.2) is 54.7 Å². The quantitative estimate of drug-likeness (QED) is 0.593. The number of nitrogens with two attached hydrogens (primary N) is 1. The smallest absolute Gasteiger partial charge is 0.387 e. The second-order valence-corrected chi connectivity index (χ2v) is 6.30. The van der Waals surface area contributed by atoms with Crippen LogP contribution in [0.15, 0.2) is 12.7 Å². The number of fused-ring (bicyclic) bond motifs is 1. The van der Waals surface area contributed by atoms with Gasteiger partial charge >= 0.3 is 8.25 Å². The van der Waals surface area contributed by atoms with Gasteiger partial charge in [0.05, 0.1) is 15.8 Å². The van der Waals surface area contributed by atoms with Crippen LogP contribution in [0.1, 0.15) is 6.23 Å². The molecule has 13 heteroatoms. The second-order valence-electron chi connectivity index (χ2n) is 4.75. The molecule has 2 aromatic heterocycles. The fourth-order valence-electron chi connectivity index (χ4n) is 2.32. The van der Waals surface area contributed by atoms with Gasteiger partial charge in [-0.1, -0.05) is 0 Å². The lowest BCUT2D eigenvalue weighted by Crippen LogP contribution is -2.33. The zero-order valence-electron chi connectivity index (χ0n) is 11.6. The minimum absolute atomic E-state index is 0.191. The Labute approximate surface area is 133 Å². The summed E-state index contributed by atoms with van der Waals surface area (Å²) < 4.78 is 27.4. The van der Waals surface area contributed by atoms with Gasteiger partial charge < -0.3 is 20.7 Å². The van der Waals surface area contributed by atoms with E-state index in [-0.39, 0.29) is 12.4 Å². The van der Waals surface area contributed by atoms with Crippen molar-refractivity contribution < 1.29 is 28.3 Å². The van der Waals surface area contributed by atoms with Gasteiger partial charge in [-0.3, -0.25) is 4.57 Å². The third-order valence-corrected chi connectivity index (χ3v) is 4.48. The van der Waals surface area contributed by atoms with Gasteiger partial charge in [-0.15, -0.1) is 8.83 Å². The Morgan fingerprint density at radius 1 is 1.39 bits per heavy atom. The first-order valence-corrected chi connectivity index (χ1v) is 8.01. The van der Waals surface area contributed by atoms with Gasteiger partial charge in [-0.05, 0) is 0 Å². The van der Waals surface area contributed by atoms with Crippen molar-refractivity contribution in [3.8, 4) is 0 Å². The Balaban J connectivity index is 1.82. The standard InChI is InChI=1S/C10H14N5O6P2/c11-8-5-9(13-2-12-8)15(3-14-5)10-7(17)6(16)4(20-10)1-19-23(18)21-22/h2-4,6-7,10,16-17H,1,22H2,(H2,11,12,13)/q+1/t4-,6-,7-,10-/m1/s1. The topological polar surface area (TPSA) is 155 Å². The molecule has 1 aliphatic rings. The van der Waals surface area contributed by atoms with Crippen molar-refractivity contribution in [2.75, 3.05) is 12.3 Å². The number of aliphatic hydroxyl groups excluding tert-OH is 2. The van der Waals surface area contributed by atoms with Crippen molar-refractivity contribution in [3.63, 3.8) is 0 Å². The summed E-state index contributed by atoms with van der Waals surface area (Å²) >= 11 is 0. The summed E-state index contributed by atoms with van der Waals surface area (Å²) in [6.45, 7) is -0.220. The molecule has 2 aromatic rings. The van der Waals surface area contributed by atoms with Gasteiger partial charge in [0.15, 0.2) is 17.7 Å². The lowest BCUT2D eigenvalue weighted by molar-refractivity contribution is -0.0474. The third-order valence-electron chi connectivity index (χ3n) is 3.43. The maximum absolute atomic E-state index is 11.1. The number of aliphatic hydroxyl groups is 2. The lowest BCUT2D eigenvalue weighted by atomic mass is 10.1. The third kappa shape index (κ3) is 3.05. The number of ether oxygens (including phenoxy) is 1. The molecule has 1 saturated heterocycles. The monoisotopic (exact) mass is 362 g/mol. The van der Waals surface area contributed by atoms with Crippen LogP contribution in [-0.2, 0) is 18.1 Å². The zero-order chi connectivity index (χ0) is 16.6. The van der Waals surface area contributed by atoms with Crippen molar-refractivity contribution in [2.45, 2.75) is 24.5 Å². The van der Waals surface area contributed by atoms with E-state index < -0.39 is 32.8 Å². The van der Waals surface area contributed by atoms with Crippen molar-refractivity contribution >= 4 is 34.7 Å². The number of aromatic nitrogens is 4. The van der Waals surface area contributed by atoms with Crippen LogP contribution in [0.25, 0.3) is 11.2 Å². The van der Waals surface area contributed by atoms with E-state index in [1.165, 1.54) is 17.2 Å². The van der Waals surface area contributed by atoms with Crippen molar-refractivity contribution in [3.05, 3.63) is 12.7 Å². The number of anilines is 1. The molecule has 0 saturated carbocycles. The summed E-state index contributed by atoms with van der Waals surface area (Å²) in [5, 5.41) is 20.2. The molecule has 0 aliphatic carbocycles. The van der Waals surface area contributed by atoms with Gasteiger partial charge in [0.25, 0.3) is 0 Å². The summed E-state index contributed by atoms with van der Waals surface area (Å²) in [4.78, 5) is 12.0. The van der Waals surface area contributed by atoms with Crippen LogP contribution in [0.2, 0.25) is 0 Å². The van der Waals surface area contributed by atoms with Crippen LogP contribution in [0.4, 0.5) is 5.82 Å². The van der Waals surface area contributed by atoms with Crippen LogP contribution in [0, 0.1) is 0 Å². The summed E-state index contributed by atoms with van der Waals surface area (Å²) in [5.41, 5.74) is 6.42. The molecule has 1 fully saturated rings. The van der Waals surface area contributed by atoms with Gasteiger partial charge in [0, 0.05) is 4.57 Å². The average Bonchev–Trinajstić information content (AvgIpc) is 3.09. The Kier molecular flexibility index (Phi) is 4.79. The summed E-state index contributed by atoms with van der Waals surface area (Å²) in [7, 11) is -0.531. The molecule has 0 bridgehead atoms. The zero-order valence-corrected chi connectivity index (χ0v) is 13.6. The van der Waals surface area contributed by atoms with E-state index >= 15 is 0 Å². The van der Waals surface area contributed by atoms with Gasteiger partial charge in [0.2, 0.25) is 0 Å². The molecule has 11 nitrogen and oxygen atoms in total. The lowest BCUT2D eigenvalue weighted by Gasteiger charge is -2.16. The van der Waals surface area contributed by atoms with E-state index in [2.05, 4.69) is 19.3 Å². The predicted octanol–water partition coefficient (Wildman–Crippen LogP) is -0.492. The molecule has 3 heterocycles. The number of hydrogen-bond acceptors (Lipinski definition) is 10. The molecule has 1 aliphatic heterocycles. The van der Waals surface area contributed by atoms with Crippen LogP contribution < -0.4 is 5.73 Å². The Morgan fingerprint density at radius 2 is 2.17 bits per heavy atom. The molecule has 6 atom stereocenters. The summed E-state index contributed by atoms with van der Waals surface area (Å²) in [6, 6.07) is 0. The van der Waals surface area contributed by atoms with Crippen molar-refractivity contribution in [1.82, 2.24) is 19.5 Å². The molecular weight excluding hydrogens is 348 g/mol. The summed E-state index contributed by atoms with van der Waals surface area (Å²) in [5.74, 6) is 0.191. The minimum Gasteiger partial charge on any atom is -0.387 e. The Hall–Kier alpha value is -1.32. The first-order valence-electron chi connectivity index (χ1n) is 6.44. The highest BCUT2D eigenvalue weighted by Crippen LogP contribution is 2.34. The Bertz CT molecular complexity index is 729.